The van der Waals surface area contributed by atoms with E-state index in [1.165, 1.54) is 5.57 Å². The van der Waals surface area contributed by atoms with Crippen LogP contribution in [-0.4, -0.2) is 34.5 Å². The summed E-state index contributed by atoms with van der Waals surface area (Å²) in [6.45, 7) is 11.6. The second-order valence-electron chi connectivity index (χ2n) is 5.11. The van der Waals surface area contributed by atoms with Crippen molar-refractivity contribution >= 4 is 5.97 Å². The van der Waals surface area contributed by atoms with Gasteiger partial charge >= 0.3 is 0 Å². The van der Waals surface area contributed by atoms with E-state index >= 15 is 0 Å². The van der Waals surface area contributed by atoms with Crippen LogP contribution in [0, 0.1) is 0 Å². The Morgan fingerprint density at radius 1 is 1.33 bits per heavy atom. The Hall–Kier alpha value is -0.870. The third kappa shape index (κ3) is 20.5. The molecule has 1 unspecified atom stereocenters. The van der Waals surface area contributed by atoms with Crippen molar-refractivity contribution in [2.24, 2.45) is 0 Å². The Morgan fingerprint density at radius 2 is 1.78 bits per heavy atom. The van der Waals surface area contributed by atoms with Gasteiger partial charge in [0.2, 0.25) is 0 Å². The zero-order valence-electron chi connectivity index (χ0n) is 12.5. The van der Waals surface area contributed by atoms with E-state index in [0.29, 0.717) is 0 Å². The molecule has 108 valence electrons. The molecule has 0 spiro atoms. The highest BCUT2D eigenvalue weighted by Crippen LogP contribution is 2.15. The molecule has 0 bridgehead atoms. The Morgan fingerprint density at radius 3 is 2.06 bits per heavy atom. The van der Waals surface area contributed by atoms with Crippen molar-refractivity contribution in [2.45, 2.75) is 66.1 Å². The van der Waals surface area contributed by atoms with Gasteiger partial charge in [0, 0.05) is 13.5 Å². The first kappa shape index (κ1) is 19.5. The van der Waals surface area contributed by atoms with E-state index < -0.39 is 11.6 Å². The number of carboxylic acid groups (broad SMARTS) is 1. The maximum atomic E-state index is 9.59. The molecule has 0 radical (unpaired) electrons. The van der Waals surface area contributed by atoms with Crippen molar-refractivity contribution < 1.29 is 19.7 Å². The quantitative estimate of drug-likeness (QED) is 0.720. The molecule has 0 aromatic heterocycles. The highest BCUT2D eigenvalue weighted by Gasteiger charge is 2.15. The Bertz CT molecular complexity index is 243. The van der Waals surface area contributed by atoms with E-state index in [1.54, 1.807) is 0 Å². The second kappa shape index (κ2) is 10.1. The summed E-state index contributed by atoms with van der Waals surface area (Å²) < 4.78 is 5.56. The number of hydrogen-bond acceptors (Lipinski definition) is 3. The second-order valence-corrected chi connectivity index (χ2v) is 5.11. The Kier molecular flexibility index (Phi) is 10.9. The predicted molar refractivity (Wildman–Crippen MR) is 73.7 cm³/mol. The molecular weight excluding hydrogens is 232 g/mol. The van der Waals surface area contributed by atoms with Gasteiger partial charge in [-0.05, 0) is 47.5 Å². The minimum atomic E-state index is -0.833. The molecule has 1 atom stereocenters. The van der Waals surface area contributed by atoms with E-state index in [0.717, 1.165) is 26.4 Å². The molecule has 0 fully saturated rings. The summed E-state index contributed by atoms with van der Waals surface area (Å²) in [6, 6.07) is 0. The lowest BCUT2D eigenvalue weighted by molar-refractivity contribution is -0.134. The molecule has 0 aliphatic rings. The number of hydrogen-bond donors (Lipinski definition) is 2. The minimum absolute atomic E-state index is 0.149. The van der Waals surface area contributed by atoms with Crippen molar-refractivity contribution in [3.05, 3.63) is 11.6 Å². The van der Waals surface area contributed by atoms with Gasteiger partial charge in [-0.1, -0.05) is 11.6 Å². The molecule has 2 N–H and O–H groups in total. The van der Waals surface area contributed by atoms with Crippen molar-refractivity contribution in [1.82, 2.24) is 0 Å². The number of rotatable bonds is 6. The fourth-order valence-electron chi connectivity index (χ4n) is 1.30. The highest BCUT2D eigenvalue weighted by molar-refractivity contribution is 5.62. The topological polar surface area (TPSA) is 66.8 Å². The van der Waals surface area contributed by atoms with Crippen LogP contribution >= 0.6 is 0 Å². The number of carboxylic acids is 1. The van der Waals surface area contributed by atoms with Gasteiger partial charge in [0.25, 0.3) is 5.97 Å². The molecule has 0 saturated carbocycles. The van der Waals surface area contributed by atoms with Crippen LogP contribution < -0.4 is 0 Å². The van der Waals surface area contributed by atoms with Crippen LogP contribution in [0.4, 0.5) is 0 Å². The largest absolute Gasteiger partial charge is 0.481 e. The number of carbonyl (C=O) groups is 1. The molecule has 0 amide bonds. The first-order valence-electron chi connectivity index (χ1n) is 6.27. The van der Waals surface area contributed by atoms with Crippen LogP contribution in [0.5, 0.6) is 0 Å². The zero-order valence-corrected chi connectivity index (χ0v) is 12.5. The van der Waals surface area contributed by atoms with E-state index in [2.05, 4.69) is 19.9 Å². The molecular formula is C14H28O4. The summed E-state index contributed by atoms with van der Waals surface area (Å²) in [5, 5.41) is 17.0. The SMILES string of the molecule is CC(=O)O.CCOC(C=C(C)C)CCC(C)(C)O. The van der Waals surface area contributed by atoms with Gasteiger partial charge in [-0.15, -0.1) is 0 Å². The zero-order chi connectivity index (χ0) is 14.8. The van der Waals surface area contributed by atoms with Gasteiger partial charge in [-0.3, -0.25) is 4.79 Å². The van der Waals surface area contributed by atoms with Crippen LogP contribution in [0.15, 0.2) is 11.6 Å². The van der Waals surface area contributed by atoms with Crippen molar-refractivity contribution in [1.29, 1.82) is 0 Å². The molecule has 4 heteroatoms. The summed E-state index contributed by atoms with van der Waals surface area (Å²) in [4.78, 5) is 9.00. The summed E-state index contributed by atoms with van der Waals surface area (Å²) in [7, 11) is 0. The summed E-state index contributed by atoms with van der Waals surface area (Å²) in [5.41, 5.74) is 0.671. The van der Waals surface area contributed by atoms with Gasteiger partial charge in [0.15, 0.2) is 0 Å². The third-order valence-electron chi connectivity index (χ3n) is 1.94. The lowest BCUT2D eigenvalue weighted by atomic mass is 9.99. The lowest BCUT2D eigenvalue weighted by Crippen LogP contribution is -2.22. The maximum absolute atomic E-state index is 9.59. The first-order chi connectivity index (χ1) is 8.08. The average molecular weight is 260 g/mol. The molecule has 0 aliphatic carbocycles. The Balaban J connectivity index is 0. The lowest BCUT2D eigenvalue weighted by Gasteiger charge is -2.20. The van der Waals surface area contributed by atoms with Crippen LogP contribution in [0.2, 0.25) is 0 Å². The summed E-state index contributed by atoms with van der Waals surface area (Å²) >= 11 is 0. The van der Waals surface area contributed by atoms with Crippen molar-refractivity contribution in [3.63, 3.8) is 0 Å². The fourth-order valence-corrected chi connectivity index (χ4v) is 1.30. The summed E-state index contributed by atoms with van der Waals surface area (Å²) in [6.07, 6.45) is 3.91. The summed E-state index contributed by atoms with van der Waals surface area (Å²) in [5.74, 6) is -0.833. The highest BCUT2D eigenvalue weighted by atomic mass is 16.5. The molecule has 0 aromatic rings. The molecule has 0 heterocycles. The van der Waals surface area contributed by atoms with Gasteiger partial charge in [0.1, 0.15) is 0 Å². The number of ether oxygens (including phenoxy) is 1. The monoisotopic (exact) mass is 260 g/mol. The number of allylic oxidation sites excluding steroid dienone is 1. The van der Waals surface area contributed by atoms with Gasteiger partial charge < -0.3 is 14.9 Å². The van der Waals surface area contributed by atoms with Crippen LogP contribution in [-0.2, 0) is 9.53 Å². The normalized spacial score (nSPS) is 12.2. The van der Waals surface area contributed by atoms with Gasteiger partial charge in [0.05, 0.1) is 11.7 Å². The van der Waals surface area contributed by atoms with Gasteiger partial charge in [-0.25, -0.2) is 0 Å². The van der Waals surface area contributed by atoms with Gasteiger partial charge in [-0.2, -0.15) is 0 Å². The van der Waals surface area contributed by atoms with Crippen molar-refractivity contribution in [3.8, 4) is 0 Å². The minimum Gasteiger partial charge on any atom is -0.481 e. The average Bonchev–Trinajstić information content (AvgIpc) is 2.11. The van der Waals surface area contributed by atoms with E-state index in [-0.39, 0.29) is 6.10 Å². The standard InChI is InChI=1S/C12H24O2.C2H4O2/c1-6-14-11(9-10(2)3)7-8-12(4,5)13;1-2(3)4/h9,11,13H,6-8H2,1-5H3;1H3,(H,3,4). The third-order valence-corrected chi connectivity index (χ3v) is 1.94. The van der Waals surface area contributed by atoms with Crippen LogP contribution in [0.1, 0.15) is 54.4 Å². The van der Waals surface area contributed by atoms with E-state index in [9.17, 15) is 5.11 Å². The number of aliphatic hydroxyl groups is 1. The van der Waals surface area contributed by atoms with Crippen molar-refractivity contribution in [2.75, 3.05) is 6.61 Å². The first-order valence-corrected chi connectivity index (χ1v) is 6.27. The van der Waals surface area contributed by atoms with Crippen LogP contribution in [0.3, 0.4) is 0 Å². The molecule has 0 saturated heterocycles. The smallest absolute Gasteiger partial charge is 0.300 e. The van der Waals surface area contributed by atoms with E-state index in [4.69, 9.17) is 14.6 Å². The van der Waals surface area contributed by atoms with E-state index in [1.807, 2.05) is 20.8 Å². The molecule has 0 rings (SSSR count). The maximum Gasteiger partial charge on any atom is 0.300 e. The number of aliphatic carboxylic acids is 1. The Labute approximate surface area is 111 Å². The molecule has 4 nitrogen and oxygen atoms in total. The molecule has 0 aliphatic heterocycles. The fraction of sp³-hybridized carbons (Fsp3) is 0.786. The predicted octanol–water partition coefficient (Wildman–Crippen LogP) is 3.00. The molecule has 18 heavy (non-hydrogen) atoms. The van der Waals surface area contributed by atoms with Crippen LogP contribution in [0.25, 0.3) is 0 Å². The molecule has 0 aromatic carbocycles.